The quantitative estimate of drug-likeness (QED) is 0.614. The minimum Gasteiger partial charge on any atom is -0.466 e. The van der Waals surface area contributed by atoms with Gasteiger partial charge in [0, 0.05) is 25.1 Å². The first-order chi connectivity index (χ1) is 10.2. The maximum atomic E-state index is 12.2. The summed E-state index contributed by atoms with van der Waals surface area (Å²) < 4.78 is 4.85. The highest BCUT2D eigenvalue weighted by atomic mass is 16.5. The van der Waals surface area contributed by atoms with Gasteiger partial charge in [0.2, 0.25) is 0 Å². The Morgan fingerprint density at radius 3 is 3.05 bits per heavy atom. The van der Waals surface area contributed by atoms with Crippen LogP contribution in [0, 0.1) is 0 Å². The third-order valence-corrected chi connectivity index (χ3v) is 3.53. The van der Waals surface area contributed by atoms with Crippen LogP contribution in [0.4, 0.5) is 0 Å². The van der Waals surface area contributed by atoms with Gasteiger partial charge in [0.05, 0.1) is 6.61 Å². The molecule has 2 N–H and O–H groups in total. The summed E-state index contributed by atoms with van der Waals surface area (Å²) in [4.78, 5) is 23.4. The van der Waals surface area contributed by atoms with Crippen LogP contribution in [0.25, 0.3) is 0 Å². The number of ether oxygens (including phenoxy) is 1. The molecule has 0 spiro atoms. The lowest BCUT2D eigenvalue weighted by Gasteiger charge is -2.19. The highest BCUT2D eigenvalue weighted by Gasteiger charge is 2.16. The maximum Gasteiger partial charge on any atom is 0.305 e. The van der Waals surface area contributed by atoms with Crippen LogP contribution in [-0.2, 0) is 22.5 Å². The summed E-state index contributed by atoms with van der Waals surface area (Å²) >= 11 is 0. The molecule has 0 radical (unpaired) electrons. The van der Waals surface area contributed by atoms with E-state index in [1.165, 1.54) is 5.56 Å². The monoisotopic (exact) mass is 290 g/mol. The summed E-state index contributed by atoms with van der Waals surface area (Å²) in [6.45, 7) is 4.39. The molecule has 0 atom stereocenters. The van der Waals surface area contributed by atoms with Crippen molar-refractivity contribution in [2.45, 2.75) is 32.7 Å². The number of hydrogen-bond donors (Lipinski definition) is 2. The Morgan fingerprint density at radius 2 is 2.24 bits per heavy atom. The van der Waals surface area contributed by atoms with Gasteiger partial charge < -0.3 is 15.4 Å². The Kier molecular flexibility index (Phi) is 5.75. The zero-order valence-corrected chi connectivity index (χ0v) is 12.4. The van der Waals surface area contributed by atoms with E-state index in [0.717, 1.165) is 30.6 Å². The van der Waals surface area contributed by atoms with E-state index in [2.05, 4.69) is 16.7 Å². The number of esters is 1. The molecule has 5 heteroatoms. The number of amides is 1. The summed E-state index contributed by atoms with van der Waals surface area (Å²) in [6, 6.07) is 5.84. The molecule has 1 heterocycles. The first-order valence-electron chi connectivity index (χ1n) is 7.47. The van der Waals surface area contributed by atoms with Crippen LogP contribution in [0.1, 0.15) is 41.3 Å². The van der Waals surface area contributed by atoms with Gasteiger partial charge in [-0.25, -0.2) is 0 Å². The van der Waals surface area contributed by atoms with Crippen molar-refractivity contribution in [2.75, 3.05) is 19.7 Å². The summed E-state index contributed by atoms with van der Waals surface area (Å²) in [5.41, 5.74) is 3.09. The molecule has 1 aliphatic rings. The van der Waals surface area contributed by atoms with Gasteiger partial charge in [0.15, 0.2) is 0 Å². The van der Waals surface area contributed by atoms with Gasteiger partial charge >= 0.3 is 5.97 Å². The second-order valence-corrected chi connectivity index (χ2v) is 5.03. The largest absolute Gasteiger partial charge is 0.466 e. The molecule has 0 bridgehead atoms. The standard InChI is InChI=1S/C16H22N2O3/c1-2-21-15(19)7-4-9-18-16(20)14-6-3-5-12-11-17-10-8-13(12)14/h3,5-6,17H,2,4,7-11H2,1H3,(H,18,20). The highest BCUT2D eigenvalue weighted by Crippen LogP contribution is 2.18. The second-order valence-electron chi connectivity index (χ2n) is 5.03. The maximum absolute atomic E-state index is 12.2. The molecule has 0 saturated heterocycles. The normalized spacial score (nSPS) is 13.4. The van der Waals surface area contributed by atoms with Gasteiger partial charge in [-0.2, -0.15) is 0 Å². The van der Waals surface area contributed by atoms with Crippen molar-refractivity contribution in [3.63, 3.8) is 0 Å². The van der Waals surface area contributed by atoms with Crippen molar-refractivity contribution >= 4 is 11.9 Å². The fourth-order valence-corrected chi connectivity index (χ4v) is 2.51. The van der Waals surface area contributed by atoms with E-state index >= 15 is 0 Å². The zero-order valence-electron chi connectivity index (χ0n) is 12.4. The minimum atomic E-state index is -0.213. The van der Waals surface area contributed by atoms with Gasteiger partial charge in [-0.1, -0.05) is 12.1 Å². The molecule has 1 aromatic rings. The van der Waals surface area contributed by atoms with Gasteiger partial charge in [0.1, 0.15) is 0 Å². The van der Waals surface area contributed by atoms with Gasteiger partial charge in [-0.05, 0) is 43.5 Å². The van der Waals surface area contributed by atoms with Gasteiger partial charge in [0.25, 0.3) is 5.91 Å². The van der Waals surface area contributed by atoms with Crippen molar-refractivity contribution in [1.29, 1.82) is 0 Å². The van der Waals surface area contributed by atoms with Crippen molar-refractivity contribution in [1.82, 2.24) is 10.6 Å². The lowest BCUT2D eigenvalue weighted by Crippen LogP contribution is -2.30. The molecule has 0 unspecified atom stereocenters. The number of nitrogens with one attached hydrogen (secondary N) is 2. The Bertz CT molecular complexity index is 514. The predicted octanol–water partition coefficient (Wildman–Crippen LogP) is 1.41. The highest BCUT2D eigenvalue weighted by molar-refractivity contribution is 5.96. The average Bonchev–Trinajstić information content (AvgIpc) is 2.51. The fourth-order valence-electron chi connectivity index (χ4n) is 2.51. The van der Waals surface area contributed by atoms with Crippen LogP contribution in [0.2, 0.25) is 0 Å². The van der Waals surface area contributed by atoms with Crippen molar-refractivity contribution < 1.29 is 14.3 Å². The number of carbonyl (C=O) groups excluding carboxylic acids is 2. The molecule has 0 aromatic heterocycles. The van der Waals surface area contributed by atoms with Crippen molar-refractivity contribution in [2.24, 2.45) is 0 Å². The fraction of sp³-hybridized carbons (Fsp3) is 0.500. The molecule has 114 valence electrons. The number of carbonyl (C=O) groups is 2. The molecule has 2 rings (SSSR count). The summed E-state index contributed by atoms with van der Waals surface area (Å²) in [5.74, 6) is -0.271. The Balaban J connectivity index is 1.85. The van der Waals surface area contributed by atoms with Gasteiger partial charge in [-0.15, -0.1) is 0 Å². The average molecular weight is 290 g/mol. The van der Waals surface area contributed by atoms with E-state index in [0.29, 0.717) is 26.0 Å². The third-order valence-electron chi connectivity index (χ3n) is 3.53. The van der Waals surface area contributed by atoms with E-state index in [-0.39, 0.29) is 11.9 Å². The molecule has 1 amide bonds. The SMILES string of the molecule is CCOC(=O)CCCNC(=O)c1cccc2c1CCNC2. The van der Waals surface area contributed by atoms with Crippen LogP contribution < -0.4 is 10.6 Å². The molecule has 0 aliphatic carbocycles. The first kappa shape index (κ1) is 15.5. The van der Waals surface area contributed by atoms with Crippen molar-refractivity contribution in [3.8, 4) is 0 Å². The van der Waals surface area contributed by atoms with Crippen LogP contribution in [0.5, 0.6) is 0 Å². The lowest BCUT2D eigenvalue weighted by atomic mass is 9.95. The van der Waals surface area contributed by atoms with Crippen LogP contribution in [0.3, 0.4) is 0 Å². The molecule has 1 aromatic carbocycles. The molecular weight excluding hydrogens is 268 g/mol. The Hall–Kier alpha value is -1.88. The predicted molar refractivity (Wildman–Crippen MR) is 80.1 cm³/mol. The minimum absolute atomic E-state index is 0.0578. The van der Waals surface area contributed by atoms with E-state index in [9.17, 15) is 9.59 Å². The molecule has 1 aliphatic heterocycles. The van der Waals surface area contributed by atoms with Crippen LogP contribution >= 0.6 is 0 Å². The summed E-state index contributed by atoms with van der Waals surface area (Å²) in [7, 11) is 0. The van der Waals surface area contributed by atoms with E-state index < -0.39 is 0 Å². The zero-order chi connectivity index (χ0) is 15.1. The second kappa shape index (κ2) is 7.78. The van der Waals surface area contributed by atoms with E-state index in [1.54, 1.807) is 6.92 Å². The van der Waals surface area contributed by atoms with Gasteiger partial charge in [-0.3, -0.25) is 9.59 Å². The smallest absolute Gasteiger partial charge is 0.305 e. The Morgan fingerprint density at radius 1 is 1.38 bits per heavy atom. The molecule has 0 fully saturated rings. The van der Waals surface area contributed by atoms with E-state index in [4.69, 9.17) is 4.74 Å². The lowest BCUT2D eigenvalue weighted by molar-refractivity contribution is -0.143. The summed E-state index contributed by atoms with van der Waals surface area (Å²) in [6.07, 6.45) is 1.81. The van der Waals surface area contributed by atoms with E-state index in [1.807, 2.05) is 12.1 Å². The number of rotatable bonds is 6. The number of hydrogen-bond acceptors (Lipinski definition) is 4. The first-order valence-corrected chi connectivity index (χ1v) is 7.47. The van der Waals surface area contributed by atoms with Crippen LogP contribution in [-0.4, -0.2) is 31.6 Å². The number of benzene rings is 1. The third kappa shape index (κ3) is 4.29. The molecule has 5 nitrogen and oxygen atoms in total. The molecular formula is C16H22N2O3. The molecule has 0 saturated carbocycles. The number of fused-ring (bicyclic) bond motifs is 1. The topological polar surface area (TPSA) is 67.4 Å². The molecule has 21 heavy (non-hydrogen) atoms. The Labute approximate surface area is 125 Å². The summed E-state index contributed by atoms with van der Waals surface area (Å²) in [5, 5.41) is 6.18. The van der Waals surface area contributed by atoms with Crippen molar-refractivity contribution in [3.05, 3.63) is 34.9 Å². The van der Waals surface area contributed by atoms with Crippen LogP contribution in [0.15, 0.2) is 18.2 Å².